The number of anilines is 2. The van der Waals surface area contributed by atoms with E-state index < -0.39 is 10.0 Å². The molecule has 0 radical (unpaired) electrons. The van der Waals surface area contributed by atoms with Gasteiger partial charge in [-0.3, -0.25) is 4.72 Å². The molecule has 118 valence electrons. The van der Waals surface area contributed by atoms with Crippen LogP contribution in [0.15, 0.2) is 29.2 Å². The minimum atomic E-state index is -3.71. The van der Waals surface area contributed by atoms with E-state index in [1.54, 1.807) is 6.92 Å². The Hall–Kier alpha value is -1.75. The van der Waals surface area contributed by atoms with Crippen LogP contribution in [0.2, 0.25) is 0 Å². The van der Waals surface area contributed by atoms with Gasteiger partial charge in [0.15, 0.2) is 12.6 Å². The van der Waals surface area contributed by atoms with E-state index in [1.807, 2.05) is 0 Å². The molecule has 10 heteroatoms. The largest absolute Gasteiger partial charge is 0.399 e. The van der Waals surface area contributed by atoms with E-state index in [0.29, 0.717) is 17.1 Å². The maximum absolute atomic E-state index is 12.2. The molecule has 8 nitrogen and oxygen atoms in total. The molecule has 2 aromatic rings. The third-order valence-corrected chi connectivity index (χ3v) is 5.25. The van der Waals surface area contributed by atoms with Crippen molar-refractivity contribution in [2.24, 2.45) is 0 Å². The van der Waals surface area contributed by atoms with Crippen molar-refractivity contribution in [3.8, 4) is 0 Å². The quantitative estimate of drug-likeness (QED) is 0.784. The Labute approximate surface area is 131 Å². The van der Waals surface area contributed by atoms with Crippen molar-refractivity contribution in [1.29, 1.82) is 0 Å². The van der Waals surface area contributed by atoms with Gasteiger partial charge in [0.25, 0.3) is 10.0 Å². The first kappa shape index (κ1) is 15.2. The Bertz CT molecular complexity index is 754. The minimum absolute atomic E-state index is 0.109. The van der Waals surface area contributed by atoms with Crippen LogP contribution in [0.25, 0.3) is 0 Å². The maximum Gasteiger partial charge on any atom is 0.263 e. The van der Waals surface area contributed by atoms with E-state index in [2.05, 4.69) is 14.9 Å². The number of hydrogen-bond donors (Lipinski definition) is 2. The molecule has 1 aliphatic heterocycles. The van der Waals surface area contributed by atoms with E-state index in [4.69, 9.17) is 15.2 Å². The van der Waals surface area contributed by atoms with Crippen molar-refractivity contribution in [2.45, 2.75) is 30.8 Å². The molecule has 1 fully saturated rings. The van der Waals surface area contributed by atoms with Crippen LogP contribution in [0, 0.1) is 0 Å². The third kappa shape index (κ3) is 3.35. The van der Waals surface area contributed by atoms with Gasteiger partial charge in [-0.25, -0.2) is 8.42 Å². The van der Waals surface area contributed by atoms with E-state index >= 15 is 0 Å². The maximum atomic E-state index is 12.2. The van der Waals surface area contributed by atoms with Crippen molar-refractivity contribution in [3.05, 3.63) is 29.3 Å². The Kier molecular flexibility index (Phi) is 4.00. The average molecular weight is 342 g/mol. The number of rotatable bonds is 5. The lowest BCUT2D eigenvalue weighted by molar-refractivity contribution is -0.374. The number of nitrogen functional groups attached to an aromatic ring is 1. The summed E-state index contributed by atoms with van der Waals surface area (Å²) >= 11 is 1.14. The molecule has 3 rings (SSSR count). The molecule has 2 heterocycles. The number of benzene rings is 1. The minimum Gasteiger partial charge on any atom is -0.399 e. The predicted octanol–water partition coefficient (Wildman–Crippen LogP) is 1.18. The summed E-state index contributed by atoms with van der Waals surface area (Å²) in [6.07, 6.45) is -0.114. The SMILES string of the molecule is CC1OC(Cc2nnc(NS(=O)(=O)c3ccc(N)cc3)s2)O1. The van der Waals surface area contributed by atoms with Gasteiger partial charge >= 0.3 is 0 Å². The van der Waals surface area contributed by atoms with E-state index in [1.165, 1.54) is 24.3 Å². The van der Waals surface area contributed by atoms with Crippen molar-refractivity contribution < 1.29 is 17.9 Å². The predicted molar refractivity (Wildman–Crippen MR) is 80.7 cm³/mol. The highest BCUT2D eigenvalue weighted by Gasteiger charge is 2.28. The van der Waals surface area contributed by atoms with Gasteiger partial charge in [-0.05, 0) is 31.2 Å². The number of nitrogens with zero attached hydrogens (tertiary/aromatic N) is 2. The van der Waals surface area contributed by atoms with Crippen LogP contribution in [0.5, 0.6) is 0 Å². The van der Waals surface area contributed by atoms with Gasteiger partial charge in [0.2, 0.25) is 5.13 Å². The lowest BCUT2D eigenvalue weighted by Crippen LogP contribution is -2.40. The number of nitrogens with two attached hydrogens (primary N) is 1. The zero-order valence-electron chi connectivity index (χ0n) is 11.6. The molecule has 3 N–H and O–H groups in total. The second-order valence-corrected chi connectivity index (χ2v) is 7.39. The fourth-order valence-electron chi connectivity index (χ4n) is 1.87. The molecule has 1 aliphatic rings. The van der Waals surface area contributed by atoms with Crippen LogP contribution in [-0.2, 0) is 25.9 Å². The van der Waals surface area contributed by atoms with Crippen LogP contribution in [0.4, 0.5) is 10.8 Å². The first-order valence-electron chi connectivity index (χ1n) is 6.44. The zero-order valence-corrected chi connectivity index (χ0v) is 13.2. The molecule has 0 aliphatic carbocycles. The molecule has 22 heavy (non-hydrogen) atoms. The monoisotopic (exact) mass is 342 g/mol. The lowest BCUT2D eigenvalue weighted by atomic mass is 10.3. The van der Waals surface area contributed by atoms with E-state index in [-0.39, 0.29) is 22.6 Å². The molecule has 1 saturated heterocycles. The second kappa shape index (κ2) is 5.80. The van der Waals surface area contributed by atoms with Crippen LogP contribution in [-0.4, -0.2) is 31.2 Å². The van der Waals surface area contributed by atoms with Gasteiger partial charge in [0.1, 0.15) is 5.01 Å². The van der Waals surface area contributed by atoms with Gasteiger partial charge in [-0.15, -0.1) is 10.2 Å². The lowest BCUT2D eigenvalue weighted by Gasteiger charge is -2.32. The highest BCUT2D eigenvalue weighted by Crippen LogP contribution is 2.25. The van der Waals surface area contributed by atoms with Gasteiger partial charge < -0.3 is 15.2 Å². The fraction of sp³-hybridized carbons (Fsp3) is 0.333. The van der Waals surface area contributed by atoms with E-state index in [9.17, 15) is 8.42 Å². The number of hydrogen-bond acceptors (Lipinski definition) is 8. The van der Waals surface area contributed by atoms with Crippen molar-refractivity contribution in [2.75, 3.05) is 10.5 Å². The first-order valence-corrected chi connectivity index (χ1v) is 8.74. The molecule has 1 aromatic carbocycles. The third-order valence-electron chi connectivity index (χ3n) is 2.91. The summed E-state index contributed by atoms with van der Waals surface area (Å²) in [5.74, 6) is 0. The average Bonchev–Trinajstić information content (AvgIpc) is 2.84. The highest BCUT2D eigenvalue weighted by atomic mass is 32.2. The van der Waals surface area contributed by atoms with Gasteiger partial charge in [-0.2, -0.15) is 0 Å². The normalized spacial score (nSPS) is 21.3. The number of nitrogens with one attached hydrogen (secondary N) is 1. The molecule has 0 unspecified atom stereocenters. The molecular formula is C12H14N4O4S2. The standard InChI is InChI=1S/C12H14N4O4S2/c1-7-19-11(20-7)6-10-14-15-12(21-10)16-22(17,18)9-4-2-8(13)3-5-9/h2-5,7,11H,6,13H2,1H3,(H,15,16). The van der Waals surface area contributed by atoms with Crippen LogP contribution in [0.1, 0.15) is 11.9 Å². The van der Waals surface area contributed by atoms with Crippen molar-refractivity contribution in [3.63, 3.8) is 0 Å². The summed E-state index contributed by atoms with van der Waals surface area (Å²) in [5.41, 5.74) is 6.03. The van der Waals surface area contributed by atoms with Gasteiger partial charge in [0, 0.05) is 5.69 Å². The highest BCUT2D eigenvalue weighted by molar-refractivity contribution is 7.93. The van der Waals surface area contributed by atoms with Crippen LogP contribution >= 0.6 is 11.3 Å². The molecule has 0 bridgehead atoms. The number of aromatic nitrogens is 2. The topological polar surface area (TPSA) is 116 Å². The van der Waals surface area contributed by atoms with Crippen molar-refractivity contribution >= 4 is 32.2 Å². The van der Waals surface area contributed by atoms with Crippen LogP contribution in [0.3, 0.4) is 0 Å². The second-order valence-electron chi connectivity index (χ2n) is 4.65. The summed E-state index contributed by atoms with van der Waals surface area (Å²) in [4.78, 5) is 0.109. The molecule has 0 atom stereocenters. The Morgan fingerprint density at radius 1 is 1.27 bits per heavy atom. The Balaban J connectivity index is 1.67. The summed E-state index contributed by atoms with van der Waals surface area (Å²) < 4.78 is 37.4. The Morgan fingerprint density at radius 3 is 2.59 bits per heavy atom. The number of sulfonamides is 1. The summed E-state index contributed by atoms with van der Waals surface area (Å²) in [5, 5.41) is 8.56. The van der Waals surface area contributed by atoms with Gasteiger partial charge in [0.05, 0.1) is 11.3 Å². The summed E-state index contributed by atoms with van der Waals surface area (Å²) in [6, 6.07) is 5.90. The van der Waals surface area contributed by atoms with Gasteiger partial charge in [-0.1, -0.05) is 11.3 Å². The molecular weight excluding hydrogens is 328 g/mol. The fourth-order valence-corrected chi connectivity index (χ4v) is 3.86. The zero-order chi connectivity index (χ0) is 15.7. The molecule has 0 saturated carbocycles. The molecule has 1 aromatic heterocycles. The van der Waals surface area contributed by atoms with Crippen molar-refractivity contribution in [1.82, 2.24) is 10.2 Å². The Morgan fingerprint density at radius 2 is 1.95 bits per heavy atom. The number of ether oxygens (including phenoxy) is 2. The molecule has 0 amide bonds. The summed E-state index contributed by atoms with van der Waals surface area (Å²) in [7, 11) is -3.71. The van der Waals surface area contributed by atoms with Crippen LogP contribution < -0.4 is 10.5 Å². The van der Waals surface area contributed by atoms with E-state index in [0.717, 1.165) is 11.3 Å². The summed E-state index contributed by atoms with van der Waals surface area (Å²) in [6.45, 7) is 1.79. The smallest absolute Gasteiger partial charge is 0.263 e. The molecule has 0 spiro atoms. The first-order chi connectivity index (χ1) is 10.4.